The van der Waals surface area contributed by atoms with E-state index in [2.05, 4.69) is 4.98 Å². The molecule has 1 saturated carbocycles. The number of carbonyl (C=O) groups excluding carboxylic acids is 1. The topological polar surface area (TPSA) is 62.1 Å². The van der Waals surface area contributed by atoms with Crippen LogP contribution in [0.25, 0.3) is 22.2 Å². The number of aromatic amines is 1. The number of H-pyrrole nitrogens is 1. The number of carbonyl (C=O) groups is 1. The van der Waals surface area contributed by atoms with E-state index in [0.29, 0.717) is 24.7 Å². The van der Waals surface area contributed by atoms with Crippen LogP contribution in [0.1, 0.15) is 24.8 Å². The maximum Gasteiger partial charge on any atom is 0.222 e. The number of aryl methyl sites for hydroxylation is 1. The number of hydrogen-bond donors (Lipinski definition) is 2. The summed E-state index contributed by atoms with van der Waals surface area (Å²) in [6.07, 6.45) is 3.23. The summed E-state index contributed by atoms with van der Waals surface area (Å²) in [7, 11) is 0. The molecule has 29 heavy (non-hydrogen) atoms. The largest absolute Gasteiger partial charge is 0.354 e. The Morgan fingerprint density at radius 1 is 1.14 bits per heavy atom. The van der Waals surface area contributed by atoms with Gasteiger partial charge < -0.3 is 15.6 Å². The third-order valence-corrected chi connectivity index (χ3v) is 6.78. The molecule has 5 heteroatoms. The van der Waals surface area contributed by atoms with Crippen molar-refractivity contribution in [2.24, 2.45) is 17.6 Å². The number of nitrogens with one attached hydrogen (secondary N) is 1. The Morgan fingerprint density at radius 2 is 1.97 bits per heavy atom. The number of amides is 1. The van der Waals surface area contributed by atoms with Crippen molar-refractivity contribution in [3.05, 3.63) is 59.9 Å². The Kier molecular flexibility index (Phi) is 4.63. The summed E-state index contributed by atoms with van der Waals surface area (Å²) in [6.45, 7) is 1.63. The fourth-order valence-electron chi connectivity index (χ4n) is 5.23. The monoisotopic (exact) mass is 391 g/mol. The van der Waals surface area contributed by atoms with Gasteiger partial charge in [-0.25, -0.2) is 4.39 Å². The normalized spacial score (nSPS) is 23.7. The number of rotatable bonds is 4. The molecule has 2 aromatic carbocycles. The number of aromatic nitrogens is 1. The number of halogens is 1. The van der Waals surface area contributed by atoms with Gasteiger partial charge in [-0.05, 0) is 60.4 Å². The van der Waals surface area contributed by atoms with Crippen molar-refractivity contribution in [2.75, 3.05) is 13.1 Å². The van der Waals surface area contributed by atoms with Gasteiger partial charge in [0.25, 0.3) is 0 Å². The molecule has 1 saturated heterocycles. The van der Waals surface area contributed by atoms with Crippen LogP contribution < -0.4 is 5.73 Å². The van der Waals surface area contributed by atoms with E-state index in [9.17, 15) is 9.18 Å². The zero-order valence-corrected chi connectivity index (χ0v) is 16.4. The summed E-state index contributed by atoms with van der Waals surface area (Å²) >= 11 is 0. The number of benzene rings is 2. The number of nitrogens with two attached hydrogens (primary N) is 1. The highest BCUT2D eigenvalue weighted by atomic mass is 19.1. The zero-order valence-electron chi connectivity index (χ0n) is 16.4. The molecule has 2 aliphatic rings. The van der Waals surface area contributed by atoms with E-state index in [1.807, 2.05) is 35.2 Å². The van der Waals surface area contributed by atoms with Crippen molar-refractivity contribution >= 4 is 16.8 Å². The lowest BCUT2D eigenvalue weighted by molar-refractivity contribution is -0.130. The van der Waals surface area contributed by atoms with E-state index < -0.39 is 0 Å². The smallest absolute Gasteiger partial charge is 0.222 e. The Hall–Kier alpha value is -2.66. The summed E-state index contributed by atoms with van der Waals surface area (Å²) in [6, 6.07) is 15.1. The number of hydrogen-bond acceptors (Lipinski definition) is 2. The van der Waals surface area contributed by atoms with Crippen LogP contribution in [0.2, 0.25) is 0 Å². The molecule has 1 aromatic heterocycles. The van der Waals surface area contributed by atoms with Gasteiger partial charge in [0.15, 0.2) is 0 Å². The predicted molar refractivity (Wildman–Crippen MR) is 113 cm³/mol. The highest BCUT2D eigenvalue weighted by molar-refractivity contribution is 5.91. The van der Waals surface area contributed by atoms with E-state index in [-0.39, 0.29) is 17.8 Å². The van der Waals surface area contributed by atoms with Crippen LogP contribution >= 0.6 is 0 Å². The van der Waals surface area contributed by atoms with Crippen LogP contribution in [0.15, 0.2) is 48.5 Å². The van der Waals surface area contributed by atoms with E-state index in [1.165, 1.54) is 6.07 Å². The van der Waals surface area contributed by atoms with Crippen LogP contribution in [-0.4, -0.2) is 34.9 Å². The molecule has 0 radical (unpaired) electrons. The number of nitrogens with zero attached hydrogens (tertiary/aromatic N) is 1. The first-order valence-electron chi connectivity index (χ1n) is 10.5. The van der Waals surface area contributed by atoms with Gasteiger partial charge in [-0.2, -0.15) is 0 Å². The molecular formula is C24H26FN3O. The van der Waals surface area contributed by atoms with Crippen LogP contribution in [0.3, 0.4) is 0 Å². The fraction of sp³-hybridized carbons (Fsp3) is 0.375. The molecule has 3 unspecified atom stereocenters. The third-order valence-electron chi connectivity index (χ3n) is 6.78. The molecule has 150 valence electrons. The summed E-state index contributed by atoms with van der Waals surface area (Å²) in [4.78, 5) is 18.4. The molecule has 5 rings (SSSR count). The molecular weight excluding hydrogens is 365 g/mol. The summed E-state index contributed by atoms with van der Waals surface area (Å²) in [5.41, 5.74) is 10.1. The average Bonchev–Trinajstić information content (AvgIpc) is 3.41. The van der Waals surface area contributed by atoms with Crippen LogP contribution in [-0.2, 0) is 11.2 Å². The van der Waals surface area contributed by atoms with Gasteiger partial charge in [0.05, 0.1) is 0 Å². The molecule has 1 amide bonds. The SMILES string of the molecule is NC1CCC2CN(C(=O)CCc3c(-c4ccccc4)[nH]c4ccc(F)cc34)CC12. The first-order chi connectivity index (χ1) is 14.1. The second-order valence-electron chi connectivity index (χ2n) is 8.50. The highest BCUT2D eigenvalue weighted by Gasteiger charge is 2.42. The van der Waals surface area contributed by atoms with Gasteiger partial charge in [0.2, 0.25) is 5.91 Å². The van der Waals surface area contributed by atoms with Crippen molar-refractivity contribution < 1.29 is 9.18 Å². The molecule has 0 spiro atoms. The van der Waals surface area contributed by atoms with Crippen molar-refractivity contribution in [3.63, 3.8) is 0 Å². The van der Waals surface area contributed by atoms with E-state index in [4.69, 9.17) is 5.73 Å². The summed E-state index contributed by atoms with van der Waals surface area (Å²) in [5.74, 6) is 0.943. The minimum Gasteiger partial charge on any atom is -0.354 e. The van der Waals surface area contributed by atoms with Crippen LogP contribution in [0.5, 0.6) is 0 Å². The quantitative estimate of drug-likeness (QED) is 0.703. The van der Waals surface area contributed by atoms with Crippen LogP contribution in [0.4, 0.5) is 4.39 Å². The molecule has 1 aliphatic heterocycles. The lowest BCUT2D eigenvalue weighted by Crippen LogP contribution is -2.33. The minimum absolute atomic E-state index is 0.177. The van der Waals surface area contributed by atoms with Gasteiger partial charge in [-0.3, -0.25) is 4.79 Å². The van der Waals surface area contributed by atoms with Gasteiger partial charge in [-0.15, -0.1) is 0 Å². The molecule has 4 nitrogen and oxygen atoms in total. The Morgan fingerprint density at radius 3 is 2.76 bits per heavy atom. The third kappa shape index (κ3) is 3.33. The minimum atomic E-state index is -0.259. The van der Waals surface area contributed by atoms with Gasteiger partial charge in [0, 0.05) is 42.1 Å². The molecule has 2 heterocycles. The predicted octanol–water partition coefficient (Wildman–Crippen LogP) is 4.10. The Bertz CT molecular complexity index is 1040. The molecule has 1 aliphatic carbocycles. The van der Waals surface area contributed by atoms with E-state index in [1.54, 1.807) is 12.1 Å². The zero-order chi connectivity index (χ0) is 20.0. The highest BCUT2D eigenvalue weighted by Crippen LogP contribution is 2.38. The van der Waals surface area contributed by atoms with Gasteiger partial charge in [-0.1, -0.05) is 30.3 Å². The van der Waals surface area contributed by atoms with Gasteiger partial charge in [0.1, 0.15) is 5.82 Å². The summed E-state index contributed by atoms with van der Waals surface area (Å²) < 4.78 is 13.9. The first kappa shape index (κ1) is 18.4. The van der Waals surface area contributed by atoms with Crippen molar-refractivity contribution in [2.45, 2.75) is 31.7 Å². The molecule has 0 bridgehead atoms. The lowest BCUT2D eigenvalue weighted by atomic mass is 9.98. The lowest BCUT2D eigenvalue weighted by Gasteiger charge is -2.19. The van der Waals surface area contributed by atoms with Crippen molar-refractivity contribution in [1.29, 1.82) is 0 Å². The maximum absolute atomic E-state index is 13.9. The molecule has 3 N–H and O–H groups in total. The van der Waals surface area contributed by atoms with Gasteiger partial charge >= 0.3 is 0 Å². The van der Waals surface area contributed by atoms with E-state index >= 15 is 0 Å². The average molecular weight is 391 g/mol. The molecule has 2 fully saturated rings. The number of fused-ring (bicyclic) bond motifs is 2. The second kappa shape index (κ2) is 7.30. The Balaban J connectivity index is 1.40. The fourth-order valence-corrected chi connectivity index (χ4v) is 5.23. The van der Waals surface area contributed by atoms with Crippen molar-refractivity contribution in [1.82, 2.24) is 9.88 Å². The Labute approximate surface area is 169 Å². The molecule has 3 aromatic rings. The standard InChI is InChI=1S/C24H26FN3O/c25-17-7-10-22-19(12-17)18(24(27-22)15-4-2-1-3-5-15)8-11-23(29)28-13-16-6-9-21(26)20(16)14-28/h1-5,7,10,12,16,20-21,27H,6,8-9,11,13-14,26H2. The molecule has 3 atom stereocenters. The maximum atomic E-state index is 13.9. The van der Waals surface area contributed by atoms with Crippen LogP contribution in [0, 0.1) is 17.7 Å². The van der Waals surface area contributed by atoms with Crippen molar-refractivity contribution in [3.8, 4) is 11.3 Å². The van der Waals surface area contributed by atoms with E-state index in [0.717, 1.165) is 53.7 Å². The summed E-state index contributed by atoms with van der Waals surface area (Å²) in [5, 5.41) is 0.858. The first-order valence-corrected chi connectivity index (χ1v) is 10.5. The second-order valence-corrected chi connectivity index (χ2v) is 8.50. The number of likely N-dealkylation sites (tertiary alicyclic amines) is 1.